The van der Waals surface area contributed by atoms with Crippen molar-refractivity contribution >= 4 is 22.4 Å². The Kier molecular flexibility index (Phi) is 4.53. The van der Waals surface area contributed by atoms with E-state index in [1.165, 1.54) is 0 Å². The number of hydrogen-bond donors (Lipinski definition) is 2. The van der Waals surface area contributed by atoms with Crippen LogP contribution in [0.4, 0.5) is 5.69 Å². The molecule has 106 valence electrons. The smallest absolute Gasteiger partial charge is 0.270 e. The molecule has 0 aliphatic rings. The van der Waals surface area contributed by atoms with Crippen molar-refractivity contribution in [1.82, 2.24) is 10.3 Å². The topological polar surface area (TPSA) is 77.2 Å². The third kappa shape index (κ3) is 2.88. The fourth-order valence-corrected chi connectivity index (χ4v) is 2.19. The minimum atomic E-state index is -0.184. The molecule has 0 aliphatic carbocycles. The summed E-state index contributed by atoms with van der Waals surface area (Å²) in [6.45, 7) is 3.12. The second-order valence-electron chi connectivity index (χ2n) is 4.66. The second kappa shape index (κ2) is 6.34. The van der Waals surface area contributed by atoms with Gasteiger partial charge in [-0.05, 0) is 25.0 Å². The molecule has 0 spiro atoms. The van der Waals surface area contributed by atoms with Crippen LogP contribution >= 0.6 is 0 Å². The maximum atomic E-state index is 12.2. The van der Waals surface area contributed by atoms with Crippen LogP contribution in [0.2, 0.25) is 0 Å². The number of nitrogen functional groups attached to an aromatic ring is 1. The Labute approximate surface area is 118 Å². The van der Waals surface area contributed by atoms with E-state index in [-0.39, 0.29) is 5.91 Å². The Morgan fingerprint density at radius 3 is 3.00 bits per heavy atom. The molecule has 5 heteroatoms. The summed E-state index contributed by atoms with van der Waals surface area (Å²) in [6.07, 6.45) is 2.46. The van der Waals surface area contributed by atoms with E-state index >= 15 is 0 Å². The number of amides is 1. The molecule has 0 saturated heterocycles. The van der Waals surface area contributed by atoms with Crippen molar-refractivity contribution in [1.29, 1.82) is 0 Å². The fourth-order valence-electron chi connectivity index (χ4n) is 2.19. The maximum Gasteiger partial charge on any atom is 0.270 e. The molecule has 20 heavy (non-hydrogen) atoms. The number of fused-ring (bicyclic) bond motifs is 1. The number of ether oxygens (including phenoxy) is 1. The number of rotatable bonds is 5. The van der Waals surface area contributed by atoms with Gasteiger partial charge in [-0.1, -0.05) is 12.1 Å². The quantitative estimate of drug-likeness (QED) is 0.644. The molecule has 1 aromatic carbocycles. The molecular weight excluding hydrogens is 254 g/mol. The highest BCUT2D eigenvalue weighted by Gasteiger charge is 2.13. The van der Waals surface area contributed by atoms with E-state index in [1.54, 1.807) is 13.3 Å². The molecule has 0 atom stereocenters. The number of nitrogens with one attached hydrogen (secondary N) is 1. The first kappa shape index (κ1) is 14.3. The lowest BCUT2D eigenvalue weighted by atomic mass is 10.0. The SMILES string of the molecule is COCCCNC(=O)c1ncc(C)c2c(N)cccc12. The van der Waals surface area contributed by atoms with Gasteiger partial charge in [0.15, 0.2) is 0 Å². The Morgan fingerprint density at radius 2 is 2.25 bits per heavy atom. The van der Waals surface area contributed by atoms with Crippen LogP contribution in [0.15, 0.2) is 24.4 Å². The van der Waals surface area contributed by atoms with Gasteiger partial charge in [0.2, 0.25) is 0 Å². The molecule has 0 radical (unpaired) electrons. The number of hydrogen-bond acceptors (Lipinski definition) is 4. The monoisotopic (exact) mass is 273 g/mol. The predicted octanol–water partition coefficient (Wildman–Crippen LogP) is 1.89. The number of methoxy groups -OCH3 is 1. The van der Waals surface area contributed by atoms with Gasteiger partial charge in [0.05, 0.1) is 0 Å². The number of benzene rings is 1. The van der Waals surface area contributed by atoms with Crippen molar-refractivity contribution in [3.8, 4) is 0 Å². The van der Waals surface area contributed by atoms with Gasteiger partial charge in [-0.3, -0.25) is 9.78 Å². The van der Waals surface area contributed by atoms with Gasteiger partial charge < -0.3 is 15.8 Å². The molecule has 1 heterocycles. The van der Waals surface area contributed by atoms with E-state index in [0.29, 0.717) is 24.5 Å². The zero-order chi connectivity index (χ0) is 14.5. The van der Waals surface area contributed by atoms with Gasteiger partial charge in [-0.2, -0.15) is 0 Å². The Morgan fingerprint density at radius 1 is 1.45 bits per heavy atom. The number of aromatic nitrogens is 1. The fraction of sp³-hybridized carbons (Fsp3) is 0.333. The standard InChI is InChI=1S/C15H19N3O2/c1-10-9-18-14(15(19)17-7-4-8-20-2)11-5-3-6-12(16)13(10)11/h3,5-6,9H,4,7-8,16H2,1-2H3,(H,17,19). The maximum absolute atomic E-state index is 12.2. The van der Waals surface area contributed by atoms with Crippen molar-refractivity contribution in [3.05, 3.63) is 35.7 Å². The lowest BCUT2D eigenvalue weighted by Crippen LogP contribution is -2.26. The predicted molar refractivity (Wildman–Crippen MR) is 79.7 cm³/mol. The van der Waals surface area contributed by atoms with Crippen LogP contribution in [-0.2, 0) is 4.74 Å². The summed E-state index contributed by atoms with van der Waals surface area (Å²) in [6, 6.07) is 5.53. The van der Waals surface area contributed by atoms with Crippen LogP contribution < -0.4 is 11.1 Å². The summed E-state index contributed by atoms with van der Waals surface area (Å²) in [7, 11) is 1.64. The number of nitrogens with two attached hydrogens (primary N) is 1. The third-order valence-corrected chi connectivity index (χ3v) is 3.16. The molecular formula is C15H19N3O2. The first-order valence-corrected chi connectivity index (χ1v) is 6.56. The highest BCUT2D eigenvalue weighted by atomic mass is 16.5. The van der Waals surface area contributed by atoms with E-state index in [1.807, 2.05) is 25.1 Å². The van der Waals surface area contributed by atoms with Crippen LogP contribution in [0.5, 0.6) is 0 Å². The highest BCUT2D eigenvalue weighted by molar-refractivity contribution is 6.08. The van der Waals surface area contributed by atoms with Crippen molar-refractivity contribution in [2.45, 2.75) is 13.3 Å². The van der Waals surface area contributed by atoms with E-state index < -0.39 is 0 Å². The van der Waals surface area contributed by atoms with Crippen molar-refractivity contribution in [2.75, 3.05) is 26.0 Å². The Hall–Kier alpha value is -2.14. The van der Waals surface area contributed by atoms with Gasteiger partial charge in [-0.25, -0.2) is 0 Å². The number of carbonyl (C=O) groups excluding carboxylic acids is 1. The molecule has 1 aromatic heterocycles. The van der Waals surface area contributed by atoms with Crippen LogP contribution in [0.25, 0.3) is 10.8 Å². The highest BCUT2D eigenvalue weighted by Crippen LogP contribution is 2.25. The molecule has 0 bridgehead atoms. The number of anilines is 1. The lowest BCUT2D eigenvalue weighted by molar-refractivity contribution is 0.0945. The van der Waals surface area contributed by atoms with Gasteiger partial charge in [0.1, 0.15) is 5.69 Å². The lowest BCUT2D eigenvalue weighted by Gasteiger charge is -2.10. The molecule has 3 N–H and O–H groups in total. The molecule has 0 fully saturated rings. The molecule has 2 rings (SSSR count). The number of pyridine rings is 1. The summed E-state index contributed by atoms with van der Waals surface area (Å²) < 4.78 is 4.95. The Bertz CT molecular complexity index is 618. The summed E-state index contributed by atoms with van der Waals surface area (Å²) in [5.74, 6) is -0.184. The van der Waals surface area contributed by atoms with Crippen LogP contribution in [0.1, 0.15) is 22.5 Å². The van der Waals surface area contributed by atoms with Crippen LogP contribution in [-0.4, -0.2) is 31.2 Å². The second-order valence-corrected chi connectivity index (χ2v) is 4.66. The molecule has 0 unspecified atom stereocenters. The van der Waals surface area contributed by atoms with Crippen LogP contribution in [0.3, 0.4) is 0 Å². The van der Waals surface area contributed by atoms with Gasteiger partial charge >= 0.3 is 0 Å². The minimum Gasteiger partial charge on any atom is -0.398 e. The van der Waals surface area contributed by atoms with E-state index in [0.717, 1.165) is 22.8 Å². The average Bonchev–Trinajstić information content (AvgIpc) is 2.44. The van der Waals surface area contributed by atoms with Gasteiger partial charge in [0.25, 0.3) is 5.91 Å². The summed E-state index contributed by atoms with van der Waals surface area (Å²) in [4.78, 5) is 16.4. The first-order chi connectivity index (χ1) is 9.65. The molecule has 0 saturated carbocycles. The zero-order valence-corrected chi connectivity index (χ0v) is 11.8. The van der Waals surface area contributed by atoms with E-state index in [4.69, 9.17) is 10.5 Å². The molecule has 5 nitrogen and oxygen atoms in total. The van der Waals surface area contributed by atoms with Gasteiger partial charge in [0, 0.05) is 42.9 Å². The van der Waals surface area contributed by atoms with Crippen molar-refractivity contribution < 1.29 is 9.53 Å². The van der Waals surface area contributed by atoms with E-state index in [2.05, 4.69) is 10.3 Å². The average molecular weight is 273 g/mol. The minimum absolute atomic E-state index is 0.184. The molecule has 0 aliphatic heterocycles. The Balaban J connectivity index is 2.28. The third-order valence-electron chi connectivity index (χ3n) is 3.16. The van der Waals surface area contributed by atoms with Crippen molar-refractivity contribution in [3.63, 3.8) is 0 Å². The van der Waals surface area contributed by atoms with Crippen LogP contribution in [0, 0.1) is 6.92 Å². The zero-order valence-electron chi connectivity index (χ0n) is 11.8. The number of carbonyl (C=O) groups is 1. The summed E-state index contributed by atoms with van der Waals surface area (Å²) in [5, 5.41) is 4.52. The largest absolute Gasteiger partial charge is 0.398 e. The first-order valence-electron chi connectivity index (χ1n) is 6.56. The van der Waals surface area contributed by atoms with Gasteiger partial charge in [-0.15, -0.1) is 0 Å². The summed E-state index contributed by atoms with van der Waals surface area (Å²) >= 11 is 0. The number of aryl methyl sites for hydroxylation is 1. The summed E-state index contributed by atoms with van der Waals surface area (Å²) in [5.41, 5.74) is 8.03. The number of nitrogens with zero attached hydrogens (tertiary/aromatic N) is 1. The molecule has 1 amide bonds. The van der Waals surface area contributed by atoms with Crippen molar-refractivity contribution in [2.24, 2.45) is 0 Å². The normalized spacial score (nSPS) is 10.7. The van der Waals surface area contributed by atoms with E-state index in [9.17, 15) is 4.79 Å². The molecule has 2 aromatic rings.